The maximum Gasteiger partial charge on any atom is 0.227 e. The molecule has 5 nitrogen and oxygen atoms in total. The third-order valence-electron chi connectivity index (χ3n) is 4.99. The SMILES string of the molecule is Cc1noc(C)c1CC(=O)N1CCC(C(O)c2ccccc2)CC1. The van der Waals surface area contributed by atoms with Gasteiger partial charge in [-0.05, 0) is 38.2 Å². The van der Waals surface area contributed by atoms with Gasteiger partial charge < -0.3 is 14.5 Å². The van der Waals surface area contributed by atoms with Crippen LogP contribution in [0.3, 0.4) is 0 Å². The van der Waals surface area contributed by atoms with E-state index in [2.05, 4.69) is 5.16 Å². The molecule has 0 aliphatic carbocycles. The van der Waals surface area contributed by atoms with Gasteiger partial charge in [0.05, 0.1) is 18.2 Å². The molecule has 128 valence electrons. The van der Waals surface area contributed by atoms with Crippen molar-refractivity contribution in [2.45, 2.75) is 39.2 Å². The number of carbonyl (C=O) groups excluding carboxylic acids is 1. The smallest absolute Gasteiger partial charge is 0.227 e. The number of aryl methyl sites for hydroxylation is 2. The predicted molar refractivity (Wildman–Crippen MR) is 90.4 cm³/mol. The monoisotopic (exact) mass is 328 g/mol. The molecule has 1 amide bonds. The van der Waals surface area contributed by atoms with Crippen molar-refractivity contribution in [3.05, 3.63) is 52.9 Å². The van der Waals surface area contributed by atoms with Crippen LogP contribution in [0.15, 0.2) is 34.9 Å². The Morgan fingerprint density at radius 3 is 2.54 bits per heavy atom. The fourth-order valence-corrected chi connectivity index (χ4v) is 3.40. The maximum absolute atomic E-state index is 12.5. The summed E-state index contributed by atoms with van der Waals surface area (Å²) in [5, 5.41) is 14.4. The number of piperidine rings is 1. The molecule has 1 saturated heterocycles. The summed E-state index contributed by atoms with van der Waals surface area (Å²) in [6.07, 6.45) is 1.53. The molecule has 2 heterocycles. The molecule has 24 heavy (non-hydrogen) atoms. The molecule has 0 bridgehead atoms. The number of likely N-dealkylation sites (tertiary alicyclic amines) is 1. The Labute approximate surface area is 142 Å². The van der Waals surface area contributed by atoms with E-state index in [1.54, 1.807) is 0 Å². The molecule has 0 saturated carbocycles. The highest BCUT2D eigenvalue weighted by Crippen LogP contribution is 2.30. The van der Waals surface area contributed by atoms with Gasteiger partial charge in [0.1, 0.15) is 5.76 Å². The Morgan fingerprint density at radius 2 is 1.96 bits per heavy atom. The summed E-state index contributed by atoms with van der Waals surface area (Å²) in [7, 11) is 0. The first kappa shape index (κ1) is 16.7. The number of aliphatic hydroxyl groups excluding tert-OH is 1. The number of aliphatic hydroxyl groups is 1. The van der Waals surface area contributed by atoms with Crippen molar-refractivity contribution in [2.75, 3.05) is 13.1 Å². The molecule has 5 heteroatoms. The van der Waals surface area contributed by atoms with E-state index in [4.69, 9.17) is 4.52 Å². The van der Waals surface area contributed by atoms with Gasteiger partial charge in [0.25, 0.3) is 0 Å². The van der Waals surface area contributed by atoms with E-state index in [9.17, 15) is 9.90 Å². The predicted octanol–water partition coefficient (Wildman–Crippen LogP) is 2.81. The Balaban J connectivity index is 1.56. The molecule has 1 aliphatic heterocycles. The van der Waals surface area contributed by atoms with Crippen LogP contribution in [-0.4, -0.2) is 34.2 Å². The standard InChI is InChI=1S/C19H24N2O3/c1-13-17(14(2)24-20-13)12-18(22)21-10-8-16(9-11-21)19(23)15-6-4-3-5-7-15/h3-7,16,19,23H,8-12H2,1-2H3. The highest BCUT2D eigenvalue weighted by atomic mass is 16.5. The summed E-state index contributed by atoms with van der Waals surface area (Å²) >= 11 is 0. The first-order valence-electron chi connectivity index (χ1n) is 8.48. The van der Waals surface area contributed by atoms with Crippen molar-refractivity contribution in [3.8, 4) is 0 Å². The lowest BCUT2D eigenvalue weighted by Gasteiger charge is -2.34. The van der Waals surface area contributed by atoms with Crippen LogP contribution in [0.25, 0.3) is 0 Å². The molecule has 1 atom stereocenters. The highest BCUT2D eigenvalue weighted by molar-refractivity contribution is 5.79. The molecule has 0 spiro atoms. The number of carbonyl (C=O) groups is 1. The van der Waals surface area contributed by atoms with Crippen LogP contribution in [0, 0.1) is 19.8 Å². The Kier molecular flexibility index (Phi) is 5.00. The van der Waals surface area contributed by atoms with Gasteiger partial charge in [0.15, 0.2) is 0 Å². The highest BCUT2D eigenvalue weighted by Gasteiger charge is 2.28. The van der Waals surface area contributed by atoms with E-state index in [0.29, 0.717) is 19.5 Å². The molecule has 1 aromatic heterocycles. The number of aromatic nitrogens is 1. The minimum absolute atomic E-state index is 0.108. The number of hydrogen-bond acceptors (Lipinski definition) is 4. The van der Waals surface area contributed by atoms with Crippen molar-refractivity contribution in [3.63, 3.8) is 0 Å². The van der Waals surface area contributed by atoms with E-state index < -0.39 is 6.10 Å². The third kappa shape index (κ3) is 3.51. The second-order valence-corrected chi connectivity index (χ2v) is 6.55. The molecule has 1 N–H and O–H groups in total. The van der Waals surface area contributed by atoms with Crippen molar-refractivity contribution in [1.82, 2.24) is 10.1 Å². The van der Waals surface area contributed by atoms with Crippen LogP contribution in [0.5, 0.6) is 0 Å². The van der Waals surface area contributed by atoms with Gasteiger partial charge in [0, 0.05) is 18.7 Å². The van der Waals surface area contributed by atoms with Gasteiger partial charge in [-0.1, -0.05) is 35.5 Å². The lowest BCUT2D eigenvalue weighted by molar-refractivity contribution is -0.132. The van der Waals surface area contributed by atoms with Crippen molar-refractivity contribution in [1.29, 1.82) is 0 Å². The third-order valence-corrected chi connectivity index (χ3v) is 4.99. The van der Waals surface area contributed by atoms with E-state index in [0.717, 1.165) is 35.4 Å². The Morgan fingerprint density at radius 1 is 1.29 bits per heavy atom. The Hall–Kier alpha value is -2.14. The Bertz CT molecular complexity index is 668. The zero-order valence-corrected chi connectivity index (χ0v) is 14.2. The number of benzene rings is 1. The van der Waals surface area contributed by atoms with Crippen molar-refractivity contribution >= 4 is 5.91 Å². The van der Waals surface area contributed by atoms with Crippen LogP contribution in [0.2, 0.25) is 0 Å². The minimum atomic E-state index is -0.453. The normalized spacial score (nSPS) is 17.0. The lowest BCUT2D eigenvalue weighted by Crippen LogP contribution is -2.40. The second kappa shape index (κ2) is 7.18. The molecular weight excluding hydrogens is 304 g/mol. The molecule has 1 fully saturated rings. The van der Waals surface area contributed by atoms with Gasteiger partial charge >= 0.3 is 0 Å². The summed E-state index contributed by atoms with van der Waals surface area (Å²) < 4.78 is 5.13. The summed E-state index contributed by atoms with van der Waals surface area (Å²) in [6.45, 7) is 5.08. The fraction of sp³-hybridized carbons (Fsp3) is 0.474. The minimum Gasteiger partial charge on any atom is -0.388 e. The van der Waals surface area contributed by atoms with E-state index >= 15 is 0 Å². The van der Waals surface area contributed by atoms with Crippen LogP contribution < -0.4 is 0 Å². The fourth-order valence-electron chi connectivity index (χ4n) is 3.40. The lowest BCUT2D eigenvalue weighted by atomic mass is 9.87. The van der Waals surface area contributed by atoms with Gasteiger partial charge in [-0.15, -0.1) is 0 Å². The average molecular weight is 328 g/mol. The van der Waals surface area contributed by atoms with Crippen molar-refractivity contribution < 1.29 is 14.4 Å². The summed E-state index contributed by atoms with van der Waals surface area (Å²) in [5.74, 6) is 1.03. The van der Waals surface area contributed by atoms with Gasteiger partial charge in [-0.25, -0.2) is 0 Å². The molecule has 0 radical (unpaired) electrons. The van der Waals surface area contributed by atoms with E-state index in [1.807, 2.05) is 49.1 Å². The van der Waals surface area contributed by atoms with Crippen LogP contribution >= 0.6 is 0 Å². The van der Waals surface area contributed by atoms with Gasteiger partial charge in [0.2, 0.25) is 5.91 Å². The summed E-state index contributed by atoms with van der Waals surface area (Å²) in [5.41, 5.74) is 2.64. The molecular formula is C19H24N2O3. The first-order chi connectivity index (χ1) is 11.6. The number of rotatable bonds is 4. The number of nitrogens with zero attached hydrogens (tertiary/aromatic N) is 2. The van der Waals surface area contributed by atoms with Crippen molar-refractivity contribution in [2.24, 2.45) is 5.92 Å². The number of hydrogen-bond donors (Lipinski definition) is 1. The molecule has 3 rings (SSSR count). The van der Waals surface area contributed by atoms with E-state index in [1.165, 1.54) is 0 Å². The zero-order valence-electron chi connectivity index (χ0n) is 14.2. The first-order valence-corrected chi connectivity index (χ1v) is 8.48. The maximum atomic E-state index is 12.5. The molecule has 1 aliphatic rings. The van der Waals surface area contributed by atoms with Crippen LogP contribution in [-0.2, 0) is 11.2 Å². The largest absolute Gasteiger partial charge is 0.388 e. The second-order valence-electron chi connectivity index (χ2n) is 6.55. The molecule has 2 aromatic rings. The quantitative estimate of drug-likeness (QED) is 0.937. The zero-order chi connectivity index (χ0) is 17.1. The van der Waals surface area contributed by atoms with Gasteiger partial charge in [-0.3, -0.25) is 4.79 Å². The van der Waals surface area contributed by atoms with Crippen LogP contribution in [0.1, 0.15) is 41.5 Å². The topological polar surface area (TPSA) is 66.6 Å². The number of amides is 1. The summed E-state index contributed by atoms with van der Waals surface area (Å²) in [6, 6.07) is 9.76. The van der Waals surface area contributed by atoms with Crippen LogP contribution in [0.4, 0.5) is 0 Å². The molecule has 1 aromatic carbocycles. The van der Waals surface area contributed by atoms with Gasteiger partial charge in [-0.2, -0.15) is 0 Å². The molecule has 1 unspecified atom stereocenters. The van der Waals surface area contributed by atoms with E-state index in [-0.39, 0.29) is 11.8 Å². The average Bonchev–Trinajstić information content (AvgIpc) is 2.94. The summed E-state index contributed by atoms with van der Waals surface area (Å²) in [4.78, 5) is 14.4.